The standard InChI is InChI=1S/C16H25N5.CH2O2/c1-13-14(11-19(4)18-13)21-10-7-17-15(21)16(2,3)12-20-8-5-6-9-20;2-1-3/h7,10-11H,5-6,8-9,12H2,1-4H3;1H,(H,2,3). The van der Waals surface area contributed by atoms with E-state index in [9.17, 15) is 0 Å². The van der Waals surface area contributed by atoms with Gasteiger partial charge in [0.15, 0.2) is 0 Å². The van der Waals surface area contributed by atoms with Crippen molar-refractivity contribution in [2.45, 2.75) is 39.0 Å². The van der Waals surface area contributed by atoms with Crippen molar-refractivity contribution >= 4 is 6.47 Å². The lowest BCUT2D eigenvalue weighted by molar-refractivity contribution is -0.122. The van der Waals surface area contributed by atoms with E-state index in [2.05, 4.69) is 39.6 Å². The number of hydrogen-bond acceptors (Lipinski definition) is 4. The summed E-state index contributed by atoms with van der Waals surface area (Å²) < 4.78 is 4.06. The maximum atomic E-state index is 8.36. The molecule has 2 aromatic rings. The van der Waals surface area contributed by atoms with Gasteiger partial charge in [0.2, 0.25) is 0 Å². The van der Waals surface area contributed by atoms with Crippen molar-refractivity contribution in [2.24, 2.45) is 7.05 Å². The highest BCUT2D eigenvalue weighted by molar-refractivity contribution is 5.36. The van der Waals surface area contributed by atoms with Crippen molar-refractivity contribution < 1.29 is 9.90 Å². The number of carboxylic acid groups (broad SMARTS) is 1. The van der Waals surface area contributed by atoms with Crippen molar-refractivity contribution in [1.82, 2.24) is 24.2 Å². The predicted molar refractivity (Wildman–Crippen MR) is 92.5 cm³/mol. The molecule has 0 radical (unpaired) electrons. The van der Waals surface area contributed by atoms with E-state index in [0.717, 1.165) is 23.8 Å². The second kappa shape index (κ2) is 7.61. The van der Waals surface area contributed by atoms with E-state index in [1.165, 1.54) is 25.9 Å². The average molecular weight is 333 g/mol. The minimum Gasteiger partial charge on any atom is -0.483 e. The minimum atomic E-state index is -0.250. The van der Waals surface area contributed by atoms with Gasteiger partial charge in [-0.15, -0.1) is 0 Å². The summed E-state index contributed by atoms with van der Waals surface area (Å²) in [6.07, 6.45) is 8.66. The first kappa shape index (κ1) is 18.2. The van der Waals surface area contributed by atoms with Gasteiger partial charge in [0.05, 0.1) is 11.4 Å². The van der Waals surface area contributed by atoms with Crippen LogP contribution in [-0.2, 0) is 17.3 Å². The summed E-state index contributed by atoms with van der Waals surface area (Å²) in [5.41, 5.74) is 2.18. The van der Waals surface area contributed by atoms with Crippen molar-refractivity contribution in [2.75, 3.05) is 19.6 Å². The summed E-state index contributed by atoms with van der Waals surface area (Å²) >= 11 is 0. The van der Waals surface area contributed by atoms with Crippen LogP contribution in [0.2, 0.25) is 0 Å². The summed E-state index contributed by atoms with van der Waals surface area (Å²) in [5.74, 6) is 1.12. The first-order valence-electron chi connectivity index (χ1n) is 8.23. The summed E-state index contributed by atoms with van der Waals surface area (Å²) in [4.78, 5) is 15.6. The highest BCUT2D eigenvalue weighted by atomic mass is 16.3. The van der Waals surface area contributed by atoms with Gasteiger partial charge in [-0.2, -0.15) is 5.10 Å². The zero-order chi connectivity index (χ0) is 17.7. The van der Waals surface area contributed by atoms with E-state index in [1.54, 1.807) is 0 Å². The Morgan fingerprint density at radius 1 is 1.33 bits per heavy atom. The number of hydrogen-bond donors (Lipinski definition) is 1. The Hall–Kier alpha value is -2.15. The summed E-state index contributed by atoms with van der Waals surface area (Å²) in [5, 5.41) is 11.3. The number of imidazole rings is 1. The number of likely N-dealkylation sites (tertiary alicyclic amines) is 1. The minimum absolute atomic E-state index is 0.0239. The molecular formula is C17H27N5O2. The van der Waals surface area contributed by atoms with Crippen LogP contribution >= 0.6 is 0 Å². The number of nitrogens with zero attached hydrogens (tertiary/aromatic N) is 5. The summed E-state index contributed by atoms with van der Waals surface area (Å²) in [6, 6.07) is 0. The van der Waals surface area contributed by atoms with E-state index < -0.39 is 0 Å². The zero-order valence-corrected chi connectivity index (χ0v) is 14.9. The molecule has 1 saturated heterocycles. The monoisotopic (exact) mass is 333 g/mol. The fraction of sp³-hybridized carbons (Fsp3) is 0.588. The molecule has 1 fully saturated rings. The Kier molecular flexibility index (Phi) is 5.77. The predicted octanol–water partition coefficient (Wildman–Crippen LogP) is 1.99. The Morgan fingerprint density at radius 3 is 2.50 bits per heavy atom. The lowest BCUT2D eigenvalue weighted by Gasteiger charge is -2.30. The van der Waals surface area contributed by atoms with Crippen LogP contribution in [0.3, 0.4) is 0 Å². The smallest absolute Gasteiger partial charge is 0.290 e. The zero-order valence-electron chi connectivity index (χ0n) is 14.9. The van der Waals surface area contributed by atoms with Crippen LogP contribution in [0.15, 0.2) is 18.6 Å². The van der Waals surface area contributed by atoms with Crippen LogP contribution in [0, 0.1) is 6.92 Å². The number of carbonyl (C=O) groups is 1. The Morgan fingerprint density at radius 2 is 1.96 bits per heavy atom. The fourth-order valence-electron chi connectivity index (χ4n) is 3.39. The quantitative estimate of drug-likeness (QED) is 0.866. The van der Waals surface area contributed by atoms with E-state index in [-0.39, 0.29) is 11.9 Å². The summed E-state index contributed by atoms with van der Waals surface area (Å²) in [6.45, 7) is 9.87. The highest BCUT2D eigenvalue weighted by Crippen LogP contribution is 2.27. The molecule has 0 bridgehead atoms. The summed E-state index contributed by atoms with van der Waals surface area (Å²) in [7, 11) is 1.96. The molecule has 0 amide bonds. The normalized spacial score (nSPS) is 15.2. The molecule has 0 atom stereocenters. The molecule has 7 heteroatoms. The van der Waals surface area contributed by atoms with Gasteiger partial charge in [-0.05, 0) is 32.9 Å². The first-order valence-corrected chi connectivity index (χ1v) is 8.23. The second-order valence-electron chi connectivity index (χ2n) is 6.87. The maximum Gasteiger partial charge on any atom is 0.290 e. The number of aryl methyl sites for hydroxylation is 2. The Labute approximate surface area is 142 Å². The van der Waals surface area contributed by atoms with Crippen molar-refractivity contribution in [3.8, 4) is 5.69 Å². The van der Waals surface area contributed by atoms with Gasteiger partial charge in [-0.25, -0.2) is 4.98 Å². The molecule has 3 rings (SSSR count). The van der Waals surface area contributed by atoms with Crippen molar-refractivity contribution in [1.29, 1.82) is 0 Å². The number of aromatic nitrogens is 4. The molecule has 0 unspecified atom stereocenters. The van der Waals surface area contributed by atoms with Gasteiger partial charge in [-0.3, -0.25) is 14.0 Å². The molecule has 2 aromatic heterocycles. The van der Waals surface area contributed by atoms with E-state index in [4.69, 9.17) is 9.90 Å². The lowest BCUT2D eigenvalue weighted by atomic mass is 9.91. The maximum absolute atomic E-state index is 8.36. The first-order chi connectivity index (χ1) is 11.4. The molecule has 0 aliphatic carbocycles. The molecule has 7 nitrogen and oxygen atoms in total. The molecule has 1 aliphatic heterocycles. The number of rotatable bonds is 4. The molecule has 0 aromatic carbocycles. The lowest BCUT2D eigenvalue weighted by Crippen LogP contribution is -2.37. The van der Waals surface area contributed by atoms with Crippen LogP contribution in [0.5, 0.6) is 0 Å². The largest absolute Gasteiger partial charge is 0.483 e. The topological polar surface area (TPSA) is 76.2 Å². The SMILES string of the molecule is Cc1nn(C)cc1-n1ccnc1C(C)(C)CN1CCCC1.O=CO. The van der Waals surface area contributed by atoms with Gasteiger partial charge in [0.25, 0.3) is 6.47 Å². The van der Waals surface area contributed by atoms with Crippen LogP contribution in [0.1, 0.15) is 38.2 Å². The van der Waals surface area contributed by atoms with Crippen LogP contribution in [0.25, 0.3) is 5.69 Å². The van der Waals surface area contributed by atoms with E-state index >= 15 is 0 Å². The van der Waals surface area contributed by atoms with Gasteiger partial charge < -0.3 is 10.0 Å². The molecule has 3 heterocycles. The van der Waals surface area contributed by atoms with Gasteiger partial charge >= 0.3 is 0 Å². The molecule has 0 saturated carbocycles. The van der Waals surface area contributed by atoms with Crippen LogP contribution in [0.4, 0.5) is 0 Å². The van der Waals surface area contributed by atoms with Crippen LogP contribution in [-0.4, -0.2) is 55.4 Å². The molecule has 132 valence electrons. The van der Waals surface area contributed by atoms with Gasteiger partial charge in [0, 0.05) is 37.6 Å². The second-order valence-corrected chi connectivity index (χ2v) is 6.87. The van der Waals surface area contributed by atoms with Crippen molar-refractivity contribution in [3.63, 3.8) is 0 Å². The molecule has 1 N–H and O–H groups in total. The van der Waals surface area contributed by atoms with Crippen LogP contribution < -0.4 is 0 Å². The Bertz CT molecular complexity index is 668. The molecule has 0 spiro atoms. The highest BCUT2D eigenvalue weighted by Gasteiger charge is 2.30. The third kappa shape index (κ3) is 4.03. The van der Waals surface area contributed by atoms with E-state index in [0.29, 0.717) is 0 Å². The Balaban J connectivity index is 0.000000647. The van der Waals surface area contributed by atoms with E-state index in [1.807, 2.05) is 31.0 Å². The molecule has 1 aliphatic rings. The fourth-order valence-corrected chi connectivity index (χ4v) is 3.39. The van der Waals surface area contributed by atoms with Crippen molar-refractivity contribution in [3.05, 3.63) is 30.1 Å². The molecular weight excluding hydrogens is 306 g/mol. The third-order valence-electron chi connectivity index (χ3n) is 4.31. The third-order valence-corrected chi connectivity index (χ3v) is 4.31. The molecule has 24 heavy (non-hydrogen) atoms. The van der Waals surface area contributed by atoms with Gasteiger partial charge in [0.1, 0.15) is 5.82 Å². The van der Waals surface area contributed by atoms with Gasteiger partial charge in [-0.1, -0.05) is 13.8 Å². The average Bonchev–Trinajstić information content (AvgIpc) is 3.20.